The van der Waals surface area contributed by atoms with E-state index in [2.05, 4.69) is 39.2 Å². The molecule has 15 heavy (non-hydrogen) atoms. The Balaban J connectivity index is 2.12. The summed E-state index contributed by atoms with van der Waals surface area (Å²) in [5.74, 6) is 0. The van der Waals surface area contributed by atoms with Crippen LogP contribution in [0.25, 0.3) is 0 Å². The molecule has 0 unspecified atom stereocenters. The molecule has 0 aromatic rings. The van der Waals surface area contributed by atoms with Crippen molar-refractivity contribution in [2.45, 2.75) is 44.9 Å². The summed E-state index contributed by atoms with van der Waals surface area (Å²) in [6, 6.07) is 0.563. The molecule has 0 amide bonds. The highest BCUT2D eigenvalue weighted by molar-refractivity contribution is 6.74. The van der Waals surface area contributed by atoms with Crippen LogP contribution in [0.2, 0.25) is 18.1 Å². The fourth-order valence-electron chi connectivity index (χ4n) is 1.14. The number of ether oxygens (including phenoxy) is 1. The van der Waals surface area contributed by atoms with Crippen LogP contribution >= 0.6 is 0 Å². The summed E-state index contributed by atoms with van der Waals surface area (Å²) < 4.78 is 11.1. The Morgan fingerprint density at radius 2 is 1.93 bits per heavy atom. The van der Waals surface area contributed by atoms with Gasteiger partial charge in [0.1, 0.15) is 0 Å². The highest BCUT2D eigenvalue weighted by Crippen LogP contribution is 2.36. The molecule has 0 aliphatic carbocycles. The third kappa shape index (κ3) is 3.87. The molecule has 0 radical (unpaired) electrons. The van der Waals surface area contributed by atoms with E-state index in [1.807, 2.05) is 0 Å². The summed E-state index contributed by atoms with van der Waals surface area (Å²) in [5.41, 5.74) is 0. The van der Waals surface area contributed by atoms with Crippen molar-refractivity contribution < 1.29 is 9.16 Å². The minimum Gasteiger partial charge on any atom is -0.416 e. The molecule has 1 aliphatic heterocycles. The molecule has 4 heteroatoms. The van der Waals surface area contributed by atoms with E-state index >= 15 is 0 Å². The summed E-state index contributed by atoms with van der Waals surface area (Å²) >= 11 is 0. The van der Waals surface area contributed by atoms with Crippen LogP contribution in [0.1, 0.15) is 20.8 Å². The monoisotopic (exact) mass is 231 g/mol. The highest BCUT2D eigenvalue weighted by atomic mass is 28.4. The number of nitrogens with one attached hydrogen (secondary N) is 1. The van der Waals surface area contributed by atoms with Crippen LogP contribution in [0.15, 0.2) is 0 Å². The molecule has 0 aromatic heterocycles. The van der Waals surface area contributed by atoms with Crippen LogP contribution in [-0.2, 0) is 9.16 Å². The Kier molecular flexibility index (Phi) is 4.35. The zero-order chi connectivity index (χ0) is 11.5. The highest BCUT2D eigenvalue weighted by Gasteiger charge is 2.36. The number of hydrogen-bond donors (Lipinski definition) is 1. The van der Waals surface area contributed by atoms with Crippen molar-refractivity contribution in [3.8, 4) is 0 Å². The Hall–Kier alpha value is 0.0969. The molecule has 0 atom stereocenters. The van der Waals surface area contributed by atoms with Crippen molar-refractivity contribution in [2.24, 2.45) is 0 Å². The molecule has 90 valence electrons. The van der Waals surface area contributed by atoms with Gasteiger partial charge >= 0.3 is 0 Å². The van der Waals surface area contributed by atoms with Crippen LogP contribution in [0.5, 0.6) is 0 Å². The van der Waals surface area contributed by atoms with Gasteiger partial charge in [-0.1, -0.05) is 20.8 Å². The van der Waals surface area contributed by atoms with Crippen molar-refractivity contribution in [3.05, 3.63) is 0 Å². The van der Waals surface area contributed by atoms with Gasteiger partial charge < -0.3 is 14.5 Å². The summed E-state index contributed by atoms with van der Waals surface area (Å²) in [5, 5.41) is 3.73. The Morgan fingerprint density at radius 1 is 1.33 bits per heavy atom. The first-order chi connectivity index (χ1) is 6.83. The lowest BCUT2D eigenvalue weighted by atomic mass is 10.2. The Bertz CT molecular complexity index is 197. The van der Waals surface area contributed by atoms with Gasteiger partial charge in [-0.2, -0.15) is 0 Å². The van der Waals surface area contributed by atoms with E-state index in [0.29, 0.717) is 11.1 Å². The minimum absolute atomic E-state index is 0.312. The lowest BCUT2D eigenvalue weighted by Crippen LogP contribution is -2.48. The van der Waals surface area contributed by atoms with Gasteiger partial charge in [0.15, 0.2) is 8.32 Å². The smallest absolute Gasteiger partial charge is 0.192 e. The summed E-state index contributed by atoms with van der Waals surface area (Å²) in [6.07, 6.45) is 0. The SMILES string of the molecule is CC(C)(C)[Si](C)(C)OCCNC1COC1. The molecule has 0 bridgehead atoms. The van der Waals surface area contributed by atoms with E-state index in [9.17, 15) is 0 Å². The third-order valence-electron chi connectivity index (χ3n) is 3.44. The first-order valence-corrected chi connectivity index (χ1v) is 8.69. The molecule has 1 heterocycles. The van der Waals surface area contributed by atoms with Crippen molar-refractivity contribution in [1.29, 1.82) is 0 Å². The Labute approximate surface area is 94.7 Å². The van der Waals surface area contributed by atoms with Crippen LogP contribution in [0.3, 0.4) is 0 Å². The number of hydrogen-bond acceptors (Lipinski definition) is 3. The summed E-state index contributed by atoms with van der Waals surface area (Å²) in [4.78, 5) is 0. The first-order valence-electron chi connectivity index (χ1n) is 5.78. The topological polar surface area (TPSA) is 30.5 Å². The molecule has 3 nitrogen and oxygen atoms in total. The van der Waals surface area contributed by atoms with Gasteiger partial charge in [-0.25, -0.2) is 0 Å². The molecular weight excluding hydrogens is 206 g/mol. The molecule has 0 saturated carbocycles. The van der Waals surface area contributed by atoms with Crippen LogP contribution < -0.4 is 5.32 Å². The zero-order valence-electron chi connectivity index (χ0n) is 10.7. The molecule has 1 fully saturated rings. The summed E-state index contributed by atoms with van der Waals surface area (Å²) in [7, 11) is -1.54. The molecular formula is C11H25NO2Si. The van der Waals surface area contributed by atoms with Gasteiger partial charge in [0.05, 0.1) is 19.3 Å². The fourth-order valence-corrected chi connectivity index (χ4v) is 2.18. The van der Waals surface area contributed by atoms with E-state index in [0.717, 1.165) is 26.4 Å². The van der Waals surface area contributed by atoms with E-state index in [1.54, 1.807) is 0 Å². The quantitative estimate of drug-likeness (QED) is 0.580. The standard InChI is InChI=1S/C11H25NO2Si/c1-11(2,3)15(4,5)14-7-6-12-10-8-13-9-10/h10,12H,6-9H2,1-5H3. The largest absolute Gasteiger partial charge is 0.416 e. The van der Waals surface area contributed by atoms with E-state index in [4.69, 9.17) is 9.16 Å². The molecule has 1 N–H and O–H groups in total. The average molecular weight is 231 g/mol. The maximum absolute atomic E-state index is 6.05. The fraction of sp³-hybridized carbons (Fsp3) is 1.00. The van der Waals surface area contributed by atoms with E-state index < -0.39 is 8.32 Å². The van der Waals surface area contributed by atoms with Gasteiger partial charge in [0.2, 0.25) is 0 Å². The predicted molar refractivity (Wildman–Crippen MR) is 65.8 cm³/mol. The van der Waals surface area contributed by atoms with Gasteiger partial charge in [0, 0.05) is 13.2 Å². The molecule has 1 saturated heterocycles. The van der Waals surface area contributed by atoms with Crippen molar-refractivity contribution in [3.63, 3.8) is 0 Å². The molecule has 1 rings (SSSR count). The zero-order valence-corrected chi connectivity index (χ0v) is 11.7. The maximum atomic E-state index is 6.05. The summed E-state index contributed by atoms with van der Waals surface area (Å²) in [6.45, 7) is 14.9. The molecule has 0 aromatic carbocycles. The van der Waals surface area contributed by atoms with Gasteiger partial charge in [-0.15, -0.1) is 0 Å². The van der Waals surface area contributed by atoms with Crippen molar-refractivity contribution in [1.82, 2.24) is 5.32 Å². The second-order valence-corrected chi connectivity index (χ2v) is 10.6. The minimum atomic E-state index is -1.54. The molecule has 1 aliphatic rings. The van der Waals surface area contributed by atoms with E-state index in [-0.39, 0.29) is 0 Å². The third-order valence-corrected chi connectivity index (χ3v) is 7.98. The Morgan fingerprint density at radius 3 is 2.33 bits per heavy atom. The number of rotatable bonds is 5. The maximum Gasteiger partial charge on any atom is 0.192 e. The lowest BCUT2D eigenvalue weighted by molar-refractivity contribution is -0.00612. The average Bonchev–Trinajstić information content (AvgIpc) is 1.98. The van der Waals surface area contributed by atoms with Crippen LogP contribution in [0.4, 0.5) is 0 Å². The normalized spacial score (nSPS) is 19.0. The van der Waals surface area contributed by atoms with Crippen LogP contribution in [0, 0.1) is 0 Å². The van der Waals surface area contributed by atoms with Crippen molar-refractivity contribution in [2.75, 3.05) is 26.4 Å². The van der Waals surface area contributed by atoms with E-state index in [1.165, 1.54) is 0 Å². The first kappa shape index (κ1) is 13.2. The van der Waals surface area contributed by atoms with Crippen molar-refractivity contribution >= 4 is 8.32 Å². The van der Waals surface area contributed by atoms with Crippen LogP contribution in [-0.4, -0.2) is 40.7 Å². The van der Waals surface area contributed by atoms with Gasteiger partial charge in [-0.05, 0) is 18.1 Å². The van der Waals surface area contributed by atoms with Gasteiger partial charge in [-0.3, -0.25) is 0 Å². The van der Waals surface area contributed by atoms with Gasteiger partial charge in [0.25, 0.3) is 0 Å². The second kappa shape index (κ2) is 4.95. The lowest BCUT2D eigenvalue weighted by Gasteiger charge is -2.36. The second-order valence-electron chi connectivity index (χ2n) is 5.80. The predicted octanol–water partition coefficient (Wildman–Crippen LogP) is 2.00. The molecule has 0 spiro atoms.